The Kier molecular flexibility index (Phi) is 4.60. The second-order valence-corrected chi connectivity index (χ2v) is 6.19. The highest BCUT2D eigenvalue weighted by molar-refractivity contribution is 5.91. The molecule has 1 atom stereocenters. The van der Waals surface area contributed by atoms with Crippen molar-refractivity contribution in [1.82, 2.24) is 0 Å². The standard InChI is InChI=1S/C15H20F3NO2/c1-9(14(2,3)4)19(5)10-6-7-12(15(16,17)18)11(8-10)13(20)21/h6-9H,1-5H3,(H,20,21). The number of nitrogens with zero attached hydrogens (tertiary/aromatic N) is 1. The number of alkyl halides is 3. The van der Waals surface area contributed by atoms with Gasteiger partial charge in [-0.15, -0.1) is 0 Å². The van der Waals surface area contributed by atoms with Gasteiger partial charge in [0, 0.05) is 18.8 Å². The first kappa shape index (κ1) is 17.3. The molecule has 0 spiro atoms. The fraction of sp³-hybridized carbons (Fsp3) is 0.533. The first-order valence-corrected chi connectivity index (χ1v) is 6.53. The highest BCUT2D eigenvalue weighted by Crippen LogP contribution is 2.35. The fourth-order valence-electron chi connectivity index (χ4n) is 1.98. The predicted octanol–water partition coefficient (Wildman–Crippen LogP) is 4.27. The Morgan fingerprint density at radius 3 is 2.14 bits per heavy atom. The lowest BCUT2D eigenvalue weighted by Gasteiger charge is -2.37. The number of carboxylic acid groups (broad SMARTS) is 1. The van der Waals surface area contributed by atoms with Crippen molar-refractivity contribution in [2.24, 2.45) is 5.41 Å². The summed E-state index contributed by atoms with van der Waals surface area (Å²) in [6.45, 7) is 7.97. The van der Waals surface area contributed by atoms with E-state index in [-0.39, 0.29) is 11.5 Å². The van der Waals surface area contributed by atoms with E-state index in [4.69, 9.17) is 5.11 Å². The lowest BCUT2D eigenvalue weighted by atomic mass is 9.87. The van der Waals surface area contributed by atoms with Gasteiger partial charge in [0.15, 0.2) is 0 Å². The van der Waals surface area contributed by atoms with Crippen molar-refractivity contribution >= 4 is 11.7 Å². The zero-order valence-electron chi connectivity index (χ0n) is 12.7. The third-order valence-corrected chi connectivity index (χ3v) is 3.78. The van der Waals surface area contributed by atoms with Crippen LogP contribution in [0.4, 0.5) is 18.9 Å². The molecule has 0 saturated carbocycles. The minimum atomic E-state index is -4.68. The lowest BCUT2D eigenvalue weighted by Crippen LogP contribution is -2.39. The van der Waals surface area contributed by atoms with Gasteiger partial charge in [-0.3, -0.25) is 0 Å². The molecule has 0 radical (unpaired) electrons. The van der Waals surface area contributed by atoms with Crippen LogP contribution in [0.5, 0.6) is 0 Å². The summed E-state index contributed by atoms with van der Waals surface area (Å²) in [6, 6.07) is 3.23. The third-order valence-electron chi connectivity index (χ3n) is 3.78. The Labute approximate surface area is 122 Å². The first-order chi connectivity index (χ1) is 9.35. The van der Waals surface area contributed by atoms with Crippen LogP contribution in [0.1, 0.15) is 43.6 Å². The van der Waals surface area contributed by atoms with E-state index < -0.39 is 23.3 Å². The van der Waals surface area contributed by atoms with E-state index in [2.05, 4.69) is 0 Å². The maximum atomic E-state index is 12.8. The van der Waals surface area contributed by atoms with Crippen LogP contribution in [0.2, 0.25) is 0 Å². The summed E-state index contributed by atoms with van der Waals surface area (Å²) >= 11 is 0. The van der Waals surface area contributed by atoms with Crippen LogP contribution in [0.25, 0.3) is 0 Å². The Bertz CT molecular complexity index is 533. The minimum Gasteiger partial charge on any atom is -0.478 e. The Balaban J connectivity index is 3.30. The smallest absolute Gasteiger partial charge is 0.417 e. The molecular formula is C15H20F3NO2. The second-order valence-electron chi connectivity index (χ2n) is 6.19. The molecule has 1 aromatic rings. The number of rotatable bonds is 3. The van der Waals surface area contributed by atoms with Crippen molar-refractivity contribution in [3.63, 3.8) is 0 Å². The fourth-order valence-corrected chi connectivity index (χ4v) is 1.98. The van der Waals surface area contributed by atoms with Crippen molar-refractivity contribution in [3.8, 4) is 0 Å². The van der Waals surface area contributed by atoms with Crippen molar-refractivity contribution < 1.29 is 23.1 Å². The molecule has 1 aromatic carbocycles. The summed E-state index contributed by atoms with van der Waals surface area (Å²) in [4.78, 5) is 12.9. The molecule has 0 bridgehead atoms. The Morgan fingerprint density at radius 1 is 1.24 bits per heavy atom. The summed E-state index contributed by atoms with van der Waals surface area (Å²) in [6.07, 6.45) is -4.68. The van der Waals surface area contributed by atoms with E-state index >= 15 is 0 Å². The van der Waals surface area contributed by atoms with Crippen molar-refractivity contribution in [2.45, 2.75) is 39.9 Å². The van der Waals surface area contributed by atoms with E-state index in [1.54, 1.807) is 11.9 Å². The molecule has 1 unspecified atom stereocenters. The number of hydrogen-bond acceptors (Lipinski definition) is 2. The van der Waals surface area contributed by atoms with Gasteiger partial charge < -0.3 is 10.0 Å². The van der Waals surface area contributed by atoms with Crippen molar-refractivity contribution in [2.75, 3.05) is 11.9 Å². The average molecular weight is 303 g/mol. The topological polar surface area (TPSA) is 40.5 Å². The van der Waals surface area contributed by atoms with Crippen LogP contribution in [-0.4, -0.2) is 24.2 Å². The van der Waals surface area contributed by atoms with Gasteiger partial charge in [-0.1, -0.05) is 20.8 Å². The summed E-state index contributed by atoms with van der Waals surface area (Å²) < 4.78 is 38.4. The zero-order chi connectivity index (χ0) is 16.6. The molecule has 0 aliphatic rings. The van der Waals surface area contributed by atoms with Gasteiger partial charge in [-0.05, 0) is 30.5 Å². The maximum Gasteiger partial charge on any atom is 0.417 e. The van der Waals surface area contributed by atoms with Gasteiger partial charge in [0.1, 0.15) is 0 Å². The molecule has 0 fully saturated rings. The SMILES string of the molecule is CC(N(C)c1ccc(C(F)(F)F)c(C(=O)O)c1)C(C)(C)C. The van der Waals surface area contributed by atoms with Gasteiger partial charge in [-0.2, -0.15) is 13.2 Å². The predicted molar refractivity (Wildman–Crippen MR) is 75.7 cm³/mol. The normalized spacial score (nSPS) is 13.9. The maximum absolute atomic E-state index is 12.8. The van der Waals surface area contributed by atoms with Crippen LogP contribution in [0.15, 0.2) is 18.2 Å². The van der Waals surface area contributed by atoms with Crippen molar-refractivity contribution in [3.05, 3.63) is 29.3 Å². The zero-order valence-corrected chi connectivity index (χ0v) is 12.7. The monoisotopic (exact) mass is 303 g/mol. The highest BCUT2D eigenvalue weighted by Gasteiger charge is 2.36. The number of hydrogen-bond donors (Lipinski definition) is 1. The second kappa shape index (κ2) is 5.58. The number of anilines is 1. The van der Waals surface area contributed by atoms with E-state index in [0.717, 1.165) is 12.1 Å². The molecule has 0 aromatic heterocycles. The lowest BCUT2D eigenvalue weighted by molar-refractivity contribution is -0.138. The number of carboxylic acids is 1. The van der Waals surface area contributed by atoms with Gasteiger partial charge in [0.2, 0.25) is 0 Å². The molecule has 0 amide bonds. The summed E-state index contributed by atoms with van der Waals surface area (Å²) in [5.41, 5.74) is -1.51. The molecule has 21 heavy (non-hydrogen) atoms. The van der Waals surface area contributed by atoms with Gasteiger partial charge in [0.25, 0.3) is 0 Å². The molecule has 0 aliphatic carbocycles. The van der Waals surface area contributed by atoms with Crippen LogP contribution in [0, 0.1) is 5.41 Å². The van der Waals surface area contributed by atoms with Crippen LogP contribution in [0.3, 0.4) is 0 Å². The minimum absolute atomic E-state index is 0.0240. The van der Waals surface area contributed by atoms with Gasteiger partial charge >= 0.3 is 12.1 Å². The van der Waals surface area contributed by atoms with Crippen molar-refractivity contribution in [1.29, 1.82) is 0 Å². The number of aromatic carboxylic acids is 1. The van der Waals surface area contributed by atoms with Crippen LogP contribution >= 0.6 is 0 Å². The molecule has 6 heteroatoms. The van der Waals surface area contributed by atoms with Gasteiger partial charge in [-0.25, -0.2) is 4.79 Å². The molecule has 1 N–H and O–H groups in total. The molecule has 1 rings (SSSR count). The van der Waals surface area contributed by atoms with Gasteiger partial charge in [0.05, 0.1) is 11.1 Å². The van der Waals surface area contributed by atoms with E-state index in [0.29, 0.717) is 5.69 Å². The molecule has 0 aliphatic heterocycles. The molecule has 118 valence electrons. The summed E-state index contributed by atoms with van der Waals surface area (Å²) in [5, 5.41) is 9.02. The molecule has 3 nitrogen and oxygen atoms in total. The largest absolute Gasteiger partial charge is 0.478 e. The van der Waals surface area contributed by atoms with E-state index in [1.807, 2.05) is 27.7 Å². The quantitative estimate of drug-likeness (QED) is 0.906. The molecule has 0 heterocycles. The Hall–Kier alpha value is -1.72. The summed E-state index contributed by atoms with van der Waals surface area (Å²) in [5.74, 6) is -1.58. The van der Waals surface area contributed by atoms with Crippen LogP contribution < -0.4 is 4.90 Å². The Morgan fingerprint density at radius 2 is 1.76 bits per heavy atom. The van der Waals surface area contributed by atoms with Crippen LogP contribution in [-0.2, 0) is 6.18 Å². The highest BCUT2D eigenvalue weighted by atomic mass is 19.4. The number of benzene rings is 1. The number of carbonyl (C=O) groups is 1. The van der Waals surface area contributed by atoms with E-state index in [1.165, 1.54) is 6.07 Å². The first-order valence-electron chi connectivity index (χ1n) is 6.53. The third kappa shape index (κ3) is 3.89. The summed E-state index contributed by atoms with van der Waals surface area (Å²) in [7, 11) is 1.74. The average Bonchev–Trinajstić information content (AvgIpc) is 2.34. The number of halogens is 3. The molecular weight excluding hydrogens is 283 g/mol. The molecule has 0 saturated heterocycles. The van der Waals surface area contributed by atoms with E-state index in [9.17, 15) is 18.0 Å².